The second kappa shape index (κ2) is 8.89. The number of nitrogens with one attached hydrogen (secondary N) is 1. The van der Waals surface area contributed by atoms with E-state index in [9.17, 15) is 0 Å². The zero-order valence-corrected chi connectivity index (χ0v) is 11.6. The Hall–Kier alpha value is -1.13. The summed E-state index contributed by atoms with van der Waals surface area (Å²) in [5.74, 6) is 0.798. The molecule has 0 bridgehead atoms. The normalized spacial score (nSPS) is 12.4. The van der Waals surface area contributed by atoms with Gasteiger partial charge in [0.2, 0.25) is 0 Å². The molecule has 0 aliphatic rings. The number of hydrogen-bond acceptors (Lipinski definition) is 4. The van der Waals surface area contributed by atoms with E-state index < -0.39 is 0 Å². The third-order valence-electron chi connectivity index (χ3n) is 2.77. The molecule has 1 N–H and O–H groups in total. The molecular weight excluding hydrogens is 228 g/mol. The molecule has 0 amide bonds. The summed E-state index contributed by atoms with van der Waals surface area (Å²) in [4.78, 5) is 4.21. The molecule has 1 heterocycles. The molecule has 1 rings (SSSR count). The van der Waals surface area contributed by atoms with Crippen LogP contribution in [0.25, 0.3) is 0 Å². The highest BCUT2D eigenvalue weighted by Crippen LogP contribution is 2.20. The van der Waals surface area contributed by atoms with Gasteiger partial charge in [-0.1, -0.05) is 6.92 Å². The van der Waals surface area contributed by atoms with E-state index in [4.69, 9.17) is 9.47 Å². The smallest absolute Gasteiger partial charge is 0.137 e. The van der Waals surface area contributed by atoms with Crippen LogP contribution in [-0.4, -0.2) is 31.9 Å². The highest BCUT2D eigenvalue weighted by Gasteiger charge is 2.11. The van der Waals surface area contributed by atoms with Crippen LogP contribution in [0.15, 0.2) is 18.5 Å². The van der Waals surface area contributed by atoms with E-state index in [0.29, 0.717) is 0 Å². The second-order valence-electron chi connectivity index (χ2n) is 4.15. The first-order valence-corrected chi connectivity index (χ1v) is 6.61. The summed E-state index contributed by atoms with van der Waals surface area (Å²) in [7, 11) is 1.66. The maximum atomic E-state index is 5.43. The Balaban J connectivity index is 2.66. The lowest BCUT2D eigenvalue weighted by Gasteiger charge is -2.19. The molecule has 0 aliphatic heterocycles. The number of aromatic nitrogens is 1. The van der Waals surface area contributed by atoms with Crippen molar-refractivity contribution in [3.8, 4) is 5.75 Å². The Kier molecular flexibility index (Phi) is 7.37. The highest BCUT2D eigenvalue weighted by molar-refractivity contribution is 5.25. The third-order valence-corrected chi connectivity index (χ3v) is 2.77. The van der Waals surface area contributed by atoms with Crippen molar-refractivity contribution in [3.63, 3.8) is 0 Å². The Morgan fingerprint density at radius 2 is 2.17 bits per heavy atom. The third kappa shape index (κ3) is 5.02. The predicted octanol–water partition coefficient (Wildman–Crippen LogP) is 2.56. The van der Waals surface area contributed by atoms with Gasteiger partial charge in [-0.3, -0.25) is 4.98 Å². The van der Waals surface area contributed by atoms with Crippen LogP contribution < -0.4 is 10.1 Å². The van der Waals surface area contributed by atoms with E-state index in [2.05, 4.69) is 17.2 Å². The van der Waals surface area contributed by atoms with Gasteiger partial charge in [0.25, 0.3) is 0 Å². The molecule has 0 radical (unpaired) electrons. The zero-order chi connectivity index (χ0) is 13.2. The van der Waals surface area contributed by atoms with Crippen LogP contribution in [-0.2, 0) is 4.74 Å². The van der Waals surface area contributed by atoms with Crippen molar-refractivity contribution < 1.29 is 9.47 Å². The quantitative estimate of drug-likeness (QED) is 0.686. The molecule has 1 aromatic heterocycles. The van der Waals surface area contributed by atoms with Crippen LogP contribution in [0.1, 0.15) is 38.3 Å². The van der Waals surface area contributed by atoms with Gasteiger partial charge >= 0.3 is 0 Å². The van der Waals surface area contributed by atoms with Crippen LogP contribution >= 0.6 is 0 Å². The van der Waals surface area contributed by atoms with Gasteiger partial charge in [0.05, 0.1) is 13.3 Å². The number of rotatable bonds is 9. The van der Waals surface area contributed by atoms with Crippen molar-refractivity contribution in [1.82, 2.24) is 10.3 Å². The van der Waals surface area contributed by atoms with Crippen LogP contribution in [0.2, 0.25) is 0 Å². The number of hydrogen-bond donors (Lipinski definition) is 1. The van der Waals surface area contributed by atoms with Gasteiger partial charge in [0, 0.05) is 25.5 Å². The van der Waals surface area contributed by atoms with Crippen molar-refractivity contribution >= 4 is 0 Å². The van der Waals surface area contributed by atoms with E-state index in [1.807, 2.05) is 19.2 Å². The average molecular weight is 252 g/mol. The van der Waals surface area contributed by atoms with Gasteiger partial charge < -0.3 is 14.8 Å². The zero-order valence-electron chi connectivity index (χ0n) is 11.6. The SMILES string of the molecule is CCCNC(CCOCC)c1cncc(OC)c1. The summed E-state index contributed by atoms with van der Waals surface area (Å²) in [5, 5.41) is 3.52. The van der Waals surface area contributed by atoms with Crippen molar-refractivity contribution in [2.24, 2.45) is 0 Å². The number of methoxy groups -OCH3 is 1. The van der Waals surface area contributed by atoms with E-state index >= 15 is 0 Å². The lowest BCUT2D eigenvalue weighted by atomic mass is 10.1. The van der Waals surface area contributed by atoms with Gasteiger partial charge in [-0.15, -0.1) is 0 Å². The van der Waals surface area contributed by atoms with Crippen molar-refractivity contribution in [1.29, 1.82) is 0 Å². The molecule has 0 aliphatic carbocycles. The molecule has 1 aromatic rings. The summed E-state index contributed by atoms with van der Waals surface area (Å²) < 4.78 is 10.6. The van der Waals surface area contributed by atoms with Crippen LogP contribution in [0.5, 0.6) is 5.75 Å². The molecule has 4 nitrogen and oxygen atoms in total. The fraction of sp³-hybridized carbons (Fsp3) is 0.643. The second-order valence-corrected chi connectivity index (χ2v) is 4.15. The maximum absolute atomic E-state index is 5.43. The van der Waals surface area contributed by atoms with Gasteiger partial charge in [-0.25, -0.2) is 0 Å². The minimum absolute atomic E-state index is 0.277. The summed E-state index contributed by atoms with van der Waals surface area (Å²) >= 11 is 0. The van der Waals surface area contributed by atoms with Crippen molar-refractivity contribution in [3.05, 3.63) is 24.0 Å². The van der Waals surface area contributed by atoms with Crippen molar-refractivity contribution in [2.45, 2.75) is 32.7 Å². The van der Waals surface area contributed by atoms with Gasteiger partial charge in [-0.2, -0.15) is 0 Å². The van der Waals surface area contributed by atoms with Gasteiger partial charge in [-0.05, 0) is 37.9 Å². The van der Waals surface area contributed by atoms with E-state index in [-0.39, 0.29) is 6.04 Å². The summed E-state index contributed by atoms with van der Waals surface area (Å²) in [5.41, 5.74) is 1.16. The van der Waals surface area contributed by atoms with Gasteiger partial charge in [0.1, 0.15) is 5.75 Å². The summed E-state index contributed by atoms with van der Waals surface area (Å²) in [6.07, 6.45) is 5.68. The fourth-order valence-electron chi connectivity index (χ4n) is 1.79. The monoisotopic (exact) mass is 252 g/mol. The number of ether oxygens (including phenoxy) is 2. The largest absolute Gasteiger partial charge is 0.495 e. The molecule has 0 fully saturated rings. The molecule has 0 saturated carbocycles. The molecule has 18 heavy (non-hydrogen) atoms. The molecule has 1 atom stereocenters. The molecule has 1 unspecified atom stereocenters. The highest BCUT2D eigenvalue weighted by atomic mass is 16.5. The Morgan fingerprint density at radius 3 is 2.83 bits per heavy atom. The molecule has 102 valence electrons. The molecule has 0 spiro atoms. The van der Waals surface area contributed by atoms with E-state index in [0.717, 1.165) is 43.9 Å². The molecule has 4 heteroatoms. The topological polar surface area (TPSA) is 43.4 Å². The first kappa shape index (κ1) is 14.9. The Bertz CT molecular complexity index is 331. The lowest BCUT2D eigenvalue weighted by Crippen LogP contribution is -2.23. The average Bonchev–Trinajstić information content (AvgIpc) is 2.42. The first-order chi connectivity index (χ1) is 8.81. The number of nitrogens with zero attached hydrogens (tertiary/aromatic N) is 1. The van der Waals surface area contributed by atoms with Crippen LogP contribution in [0.4, 0.5) is 0 Å². The van der Waals surface area contributed by atoms with E-state index in [1.165, 1.54) is 0 Å². The van der Waals surface area contributed by atoms with Crippen LogP contribution in [0.3, 0.4) is 0 Å². The van der Waals surface area contributed by atoms with E-state index in [1.54, 1.807) is 13.3 Å². The molecular formula is C14H24N2O2. The Labute approximate surface area is 110 Å². The first-order valence-electron chi connectivity index (χ1n) is 6.61. The van der Waals surface area contributed by atoms with Crippen molar-refractivity contribution in [2.75, 3.05) is 26.9 Å². The minimum atomic E-state index is 0.277. The summed E-state index contributed by atoms with van der Waals surface area (Å²) in [6.45, 7) is 6.69. The molecule has 0 aromatic carbocycles. The minimum Gasteiger partial charge on any atom is -0.495 e. The Morgan fingerprint density at radius 1 is 1.33 bits per heavy atom. The van der Waals surface area contributed by atoms with Crippen LogP contribution in [0, 0.1) is 0 Å². The lowest BCUT2D eigenvalue weighted by molar-refractivity contribution is 0.136. The molecule has 0 saturated heterocycles. The fourth-order valence-corrected chi connectivity index (χ4v) is 1.79. The standard InChI is InChI=1S/C14H24N2O2/c1-4-7-16-14(6-8-18-5-2)12-9-13(17-3)11-15-10-12/h9-11,14,16H,4-8H2,1-3H3. The number of pyridine rings is 1. The predicted molar refractivity (Wildman–Crippen MR) is 72.9 cm³/mol. The summed E-state index contributed by atoms with van der Waals surface area (Å²) in [6, 6.07) is 2.31. The van der Waals surface area contributed by atoms with Gasteiger partial charge in [0.15, 0.2) is 0 Å². The maximum Gasteiger partial charge on any atom is 0.137 e.